The molecule has 1 heterocycles. The summed E-state index contributed by atoms with van der Waals surface area (Å²) in [6, 6.07) is 0.585. The maximum absolute atomic E-state index is 5.80. The maximum atomic E-state index is 5.80. The van der Waals surface area contributed by atoms with Gasteiger partial charge < -0.3 is 5.73 Å². The van der Waals surface area contributed by atoms with Crippen LogP contribution in [0.5, 0.6) is 0 Å². The van der Waals surface area contributed by atoms with Gasteiger partial charge in [0.2, 0.25) is 0 Å². The van der Waals surface area contributed by atoms with E-state index in [0.29, 0.717) is 17.4 Å². The molecular weight excluding hydrogens is 160 g/mol. The smallest absolute Gasteiger partial charge is 0.0241 e. The summed E-state index contributed by atoms with van der Waals surface area (Å²) in [5, 5.41) is 0. The molecule has 1 unspecified atom stereocenters. The number of hydrogen-bond acceptors (Lipinski definition) is 2. The van der Waals surface area contributed by atoms with Crippen molar-refractivity contribution in [1.29, 1.82) is 0 Å². The first kappa shape index (κ1) is 11.0. The molecular formula is C11H24N2. The van der Waals surface area contributed by atoms with Gasteiger partial charge in [0.25, 0.3) is 0 Å². The fraction of sp³-hybridized carbons (Fsp3) is 1.00. The van der Waals surface area contributed by atoms with E-state index in [2.05, 4.69) is 32.6 Å². The molecule has 0 saturated carbocycles. The third-order valence-electron chi connectivity index (χ3n) is 3.19. The fourth-order valence-corrected chi connectivity index (χ4v) is 2.28. The first-order valence-electron chi connectivity index (χ1n) is 5.40. The minimum atomic E-state index is 0.502. The lowest BCUT2D eigenvalue weighted by atomic mass is 9.93. The Morgan fingerprint density at radius 1 is 1.38 bits per heavy atom. The second-order valence-corrected chi connectivity index (χ2v) is 5.43. The van der Waals surface area contributed by atoms with Crippen molar-refractivity contribution in [3.8, 4) is 0 Å². The second kappa shape index (κ2) is 3.97. The molecule has 1 saturated heterocycles. The molecule has 2 N–H and O–H groups in total. The summed E-state index contributed by atoms with van der Waals surface area (Å²) < 4.78 is 0. The largest absolute Gasteiger partial charge is 0.329 e. The minimum absolute atomic E-state index is 0.502. The molecule has 13 heavy (non-hydrogen) atoms. The number of hydrogen-bond donors (Lipinski definition) is 1. The normalized spacial score (nSPS) is 25.4. The standard InChI is InChI=1S/C11H24N2/c1-9(2)10(7-12)13-6-5-11(3,4)8-13/h9-10H,5-8,12H2,1-4H3. The van der Waals surface area contributed by atoms with Gasteiger partial charge in [-0.2, -0.15) is 0 Å². The Bertz CT molecular complexity index is 163. The number of likely N-dealkylation sites (tertiary alicyclic amines) is 1. The summed E-state index contributed by atoms with van der Waals surface area (Å²) in [6.45, 7) is 12.5. The van der Waals surface area contributed by atoms with Crippen LogP contribution in [-0.4, -0.2) is 30.6 Å². The Kier molecular flexibility index (Phi) is 3.36. The van der Waals surface area contributed by atoms with E-state index in [-0.39, 0.29) is 0 Å². The zero-order chi connectivity index (χ0) is 10.1. The van der Waals surface area contributed by atoms with E-state index in [4.69, 9.17) is 5.73 Å². The van der Waals surface area contributed by atoms with Crippen molar-refractivity contribution >= 4 is 0 Å². The van der Waals surface area contributed by atoms with E-state index in [1.54, 1.807) is 0 Å². The lowest BCUT2D eigenvalue weighted by Crippen LogP contribution is -2.43. The van der Waals surface area contributed by atoms with Crippen LogP contribution in [-0.2, 0) is 0 Å². The van der Waals surface area contributed by atoms with Gasteiger partial charge in [-0.1, -0.05) is 27.7 Å². The maximum Gasteiger partial charge on any atom is 0.0241 e. The Labute approximate surface area is 82.5 Å². The molecule has 0 spiro atoms. The molecule has 0 amide bonds. The second-order valence-electron chi connectivity index (χ2n) is 5.43. The summed E-state index contributed by atoms with van der Waals surface area (Å²) in [6.07, 6.45) is 1.32. The molecule has 1 fully saturated rings. The van der Waals surface area contributed by atoms with E-state index in [9.17, 15) is 0 Å². The zero-order valence-corrected chi connectivity index (χ0v) is 9.51. The Hall–Kier alpha value is -0.0800. The average Bonchev–Trinajstić information content (AvgIpc) is 2.31. The Morgan fingerprint density at radius 3 is 2.31 bits per heavy atom. The minimum Gasteiger partial charge on any atom is -0.329 e. The highest BCUT2D eigenvalue weighted by Crippen LogP contribution is 2.31. The van der Waals surface area contributed by atoms with Gasteiger partial charge in [0, 0.05) is 19.1 Å². The molecule has 0 aromatic carbocycles. The lowest BCUT2D eigenvalue weighted by molar-refractivity contribution is 0.179. The van der Waals surface area contributed by atoms with Gasteiger partial charge in [0.15, 0.2) is 0 Å². The SMILES string of the molecule is CC(C)C(CN)N1CCC(C)(C)C1. The first-order chi connectivity index (χ1) is 5.96. The van der Waals surface area contributed by atoms with E-state index in [1.165, 1.54) is 19.5 Å². The summed E-state index contributed by atoms with van der Waals surface area (Å²) in [5.74, 6) is 0.680. The van der Waals surface area contributed by atoms with E-state index in [0.717, 1.165) is 6.54 Å². The molecule has 0 bridgehead atoms. The van der Waals surface area contributed by atoms with E-state index in [1.807, 2.05) is 0 Å². The molecule has 1 aliphatic rings. The van der Waals surface area contributed by atoms with Crippen LogP contribution in [0, 0.1) is 11.3 Å². The predicted octanol–water partition coefficient (Wildman–Crippen LogP) is 1.70. The topological polar surface area (TPSA) is 29.3 Å². The summed E-state index contributed by atoms with van der Waals surface area (Å²) in [7, 11) is 0. The molecule has 78 valence electrons. The highest BCUT2D eigenvalue weighted by atomic mass is 15.2. The Balaban J connectivity index is 2.53. The van der Waals surface area contributed by atoms with E-state index >= 15 is 0 Å². The van der Waals surface area contributed by atoms with Crippen LogP contribution in [0.15, 0.2) is 0 Å². The third-order valence-corrected chi connectivity index (χ3v) is 3.19. The van der Waals surface area contributed by atoms with Gasteiger partial charge in [-0.15, -0.1) is 0 Å². The number of nitrogens with two attached hydrogens (primary N) is 1. The average molecular weight is 184 g/mol. The Morgan fingerprint density at radius 2 is 2.00 bits per heavy atom. The van der Waals surface area contributed by atoms with Crippen molar-refractivity contribution in [3.63, 3.8) is 0 Å². The molecule has 1 aliphatic heterocycles. The quantitative estimate of drug-likeness (QED) is 0.723. The van der Waals surface area contributed by atoms with Crippen LogP contribution >= 0.6 is 0 Å². The molecule has 2 heteroatoms. The van der Waals surface area contributed by atoms with Crippen molar-refractivity contribution in [2.75, 3.05) is 19.6 Å². The highest BCUT2D eigenvalue weighted by Gasteiger charge is 2.33. The van der Waals surface area contributed by atoms with Crippen LogP contribution in [0.3, 0.4) is 0 Å². The zero-order valence-electron chi connectivity index (χ0n) is 9.51. The summed E-state index contributed by atoms with van der Waals surface area (Å²) in [5.41, 5.74) is 6.30. The van der Waals surface area contributed by atoms with Gasteiger partial charge >= 0.3 is 0 Å². The van der Waals surface area contributed by atoms with E-state index < -0.39 is 0 Å². The third kappa shape index (κ3) is 2.68. The van der Waals surface area contributed by atoms with Gasteiger partial charge in [0.1, 0.15) is 0 Å². The van der Waals surface area contributed by atoms with Crippen molar-refractivity contribution in [3.05, 3.63) is 0 Å². The predicted molar refractivity (Wildman–Crippen MR) is 57.7 cm³/mol. The number of nitrogens with zero attached hydrogens (tertiary/aromatic N) is 1. The molecule has 0 aromatic rings. The van der Waals surface area contributed by atoms with Gasteiger partial charge in [-0.3, -0.25) is 4.90 Å². The molecule has 0 aliphatic carbocycles. The monoisotopic (exact) mass is 184 g/mol. The molecule has 0 radical (unpaired) electrons. The van der Waals surface area contributed by atoms with Crippen molar-refractivity contribution in [1.82, 2.24) is 4.90 Å². The van der Waals surface area contributed by atoms with Gasteiger partial charge in [0.05, 0.1) is 0 Å². The van der Waals surface area contributed by atoms with Crippen molar-refractivity contribution in [2.45, 2.75) is 40.2 Å². The first-order valence-corrected chi connectivity index (χ1v) is 5.40. The molecule has 1 rings (SSSR count). The lowest BCUT2D eigenvalue weighted by Gasteiger charge is -2.31. The van der Waals surface area contributed by atoms with Crippen LogP contribution in [0.1, 0.15) is 34.1 Å². The van der Waals surface area contributed by atoms with Crippen molar-refractivity contribution < 1.29 is 0 Å². The van der Waals surface area contributed by atoms with Crippen LogP contribution in [0.2, 0.25) is 0 Å². The van der Waals surface area contributed by atoms with Crippen molar-refractivity contribution in [2.24, 2.45) is 17.1 Å². The van der Waals surface area contributed by atoms with Gasteiger partial charge in [-0.25, -0.2) is 0 Å². The highest BCUT2D eigenvalue weighted by molar-refractivity contribution is 4.88. The van der Waals surface area contributed by atoms with Crippen LogP contribution in [0.25, 0.3) is 0 Å². The fourth-order valence-electron chi connectivity index (χ4n) is 2.28. The molecule has 0 aromatic heterocycles. The summed E-state index contributed by atoms with van der Waals surface area (Å²) >= 11 is 0. The molecule has 2 nitrogen and oxygen atoms in total. The van der Waals surface area contributed by atoms with Crippen LogP contribution < -0.4 is 5.73 Å². The molecule has 1 atom stereocenters. The number of rotatable bonds is 3. The van der Waals surface area contributed by atoms with Gasteiger partial charge in [-0.05, 0) is 24.3 Å². The van der Waals surface area contributed by atoms with Crippen LogP contribution in [0.4, 0.5) is 0 Å². The summed E-state index contributed by atoms with van der Waals surface area (Å²) in [4.78, 5) is 2.56.